The first-order valence-corrected chi connectivity index (χ1v) is 6.70. The van der Waals surface area contributed by atoms with Crippen molar-refractivity contribution in [2.75, 3.05) is 26.3 Å². The van der Waals surface area contributed by atoms with Gasteiger partial charge in [0.25, 0.3) is 0 Å². The van der Waals surface area contributed by atoms with Gasteiger partial charge in [-0.2, -0.15) is 18.2 Å². The molecule has 0 aliphatic carbocycles. The molecule has 1 saturated heterocycles. The first-order chi connectivity index (χ1) is 9.49. The van der Waals surface area contributed by atoms with E-state index in [2.05, 4.69) is 14.9 Å². The molecule has 1 aromatic rings. The Kier molecular flexibility index (Phi) is 4.98. The highest BCUT2D eigenvalue weighted by Crippen LogP contribution is 2.29. The van der Waals surface area contributed by atoms with Crippen LogP contribution in [-0.4, -0.2) is 47.5 Å². The van der Waals surface area contributed by atoms with E-state index in [9.17, 15) is 13.2 Å². The van der Waals surface area contributed by atoms with Gasteiger partial charge in [-0.15, -0.1) is 0 Å². The summed E-state index contributed by atoms with van der Waals surface area (Å²) in [7, 11) is 0. The minimum absolute atomic E-state index is 0.0218. The van der Waals surface area contributed by atoms with E-state index >= 15 is 0 Å². The summed E-state index contributed by atoms with van der Waals surface area (Å²) in [5.74, 6) is 1.20. The number of halogens is 3. The summed E-state index contributed by atoms with van der Waals surface area (Å²) in [6.07, 6.45) is -1.73. The van der Waals surface area contributed by atoms with Gasteiger partial charge in [-0.3, -0.25) is 4.90 Å². The first-order valence-electron chi connectivity index (χ1n) is 6.70. The summed E-state index contributed by atoms with van der Waals surface area (Å²) >= 11 is 0. The Bertz CT molecular complexity index is 422. The lowest BCUT2D eigenvalue weighted by molar-refractivity contribution is -0.174. The molecule has 0 bridgehead atoms. The van der Waals surface area contributed by atoms with Crippen molar-refractivity contribution in [3.05, 3.63) is 11.7 Å². The van der Waals surface area contributed by atoms with E-state index in [0.717, 1.165) is 19.4 Å². The van der Waals surface area contributed by atoms with Gasteiger partial charge in [-0.1, -0.05) is 12.1 Å². The number of aromatic nitrogens is 2. The summed E-state index contributed by atoms with van der Waals surface area (Å²) in [5, 5.41) is 3.94. The van der Waals surface area contributed by atoms with Crippen LogP contribution < -0.4 is 0 Å². The highest BCUT2D eigenvalue weighted by molar-refractivity contribution is 4.98. The Balaban J connectivity index is 1.81. The molecular weight excluding hydrogens is 275 g/mol. The molecule has 0 unspecified atom stereocenters. The highest BCUT2D eigenvalue weighted by atomic mass is 19.4. The highest BCUT2D eigenvalue weighted by Gasteiger charge is 2.31. The van der Waals surface area contributed by atoms with Crippen molar-refractivity contribution in [1.82, 2.24) is 15.0 Å². The average molecular weight is 293 g/mol. The zero-order valence-electron chi connectivity index (χ0n) is 11.3. The fraction of sp³-hybridized carbons (Fsp3) is 0.833. The summed E-state index contributed by atoms with van der Waals surface area (Å²) in [5.41, 5.74) is 0. The van der Waals surface area contributed by atoms with Gasteiger partial charge in [0, 0.05) is 13.0 Å². The van der Waals surface area contributed by atoms with Crippen molar-refractivity contribution in [2.45, 2.75) is 38.4 Å². The van der Waals surface area contributed by atoms with Crippen LogP contribution in [0.1, 0.15) is 37.5 Å². The van der Waals surface area contributed by atoms with E-state index in [1.807, 2.05) is 11.8 Å². The molecule has 114 valence electrons. The predicted molar refractivity (Wildman–Crippen MR) is 64.1 cm³/mol. The molecule has 20 heavy (non-hydrogen) atoms. The summed E-state index contributed by atoms with van der Waals surface area (Å²) in [6.45, 7) is 2.03. The topological polar surface area (TPSA) is 51.4 Å². The largest absolute Gasteiger partial charge is 0.411 e. The molecule has 2 rings (SSSR count). The molecule has 8 heteroatoms. The third-order valence-electron chi connectivity index (χ3n) is 3.24. The van der Waals surface area contributed by atoms with Crippen molar-refractivity contribution >= 4 is 0 Å². The fourth-order valence-corrected chi connectivity index (χ4v) is 2.30. The smallest absolute Gasteiger partial charge is 0.371 e. The lowest BCUT2D eigenvalue weighted by Crippen LogP contribution is -2.29. The molecule has 0 spiro atoms. The fourth-order valence-electron chi connectivity index (χ4n) is 2.30. The summed E-state index contributed by atoms with van der Waals surface area (Å²) < 4.78 is 45.6. The van der Waals surface area contributed by atoms with Crippen LogP contribution in [0.3, 0.4) is 0 Å². The quantitative estimate of drug-likeness (QED) is 0.754. The molecule has 1 aliphatic rings. The molecule has 0 radical (unpaired) electrons. The van der Waals surface area contributed by atoms with E-state index in [1.165, 1.54) is 0 Å². The molecule has 0 aromatic carbocycles. The number of nitrogens with zero attached hydrogens (tertiary/aromatic N) is 3. The van der Waals surface area contributed by atoms with Crippen LogP contribution >= 0.6 is 0 Å². The Morgan fingerprint density at radius 1 is 1.45 bits per heavy atom. The standard InChI is InChI=1S/C12H18F3N3O2/c1-2-10-16-11(17-20-10)9-4-3-5-18(9)6-7-19-8-12(13,14)15/h9H,2-8H2,1H3/t9-/m1/s1. The SMILES string of the molecule is CCc1nc([C@H]2CCCN2CCOCC(F)(F)F)no1. The van der Waals surface area contributed by atoms with Crippen LogP contribution in [0.5, 0.6) is 0 Å². The van der Waals surface area contributed by atoms with E-state index in [-0.39, 0.29) is 12.6 Å². The van der Waals surface area contributed by atoms with Crippen LogP contribution in [0.25, 0.3) is 0 Å². The van der Waals surface area contributed by atoms with Gasteiger partial charge < -0.3 is 9.26 Å². The molecule has 1 fully saturated rings. The van der Waals surface area contributed by atoms with Gasteiger partial charge >= 0.3 is 6.18 Å². The third kappa shape index (κ3) is 4.17. The number of hydrogen-bond donors (Lipinski definition) is 0. The van der Waals surface area contributed by atoms with Crippen molar-refractivity contribution in [1.29, 1.82) is 0 Å². The van der Waals surface area contributed by atoms with Crippen molar-refractivity contribution < 1.29 is 22.4 Å². The lowest BCUT2D eigenvalue weighted by atomic mass is 10.2. The molecule has 1 aliphatic heterocycles. The molecule has 2 heterocycles. The molecule has 1 atom stereocenters. The van der Waals surface area contributed by atoms with Gasteiger partial charge in [0.05, 0.1) is 12.6 Å². The summed E-state index contributed by atoms with van der Waals surface area (Å²) in [4.78, 5) is 6.33. The second kappa shape index (κ2) is 6.53. The first kappa shape index (κ1) is 15.2. The van der Waals surface area contributed by atoms with Crippen LogP contribution in [0.15, 0.2) is 4.52 Å². The van der Waals surface area contributed by atoms with Gasteiger partial charge in [0.1, 0.15) is 6.61 Å². The van der Waals surface area contributed by atoms with Gasteiger partial charge in [-0.05, 0) is 19.4 Å². The molecule has 0 N–H and O–H groups in total. The number of alkyl halides is 3. The van der Waals surface area contributed by atoms with E-state index in [4.69, 9.17) is 4.52 Å². The molecule has 0 amide bonds. The van der Waals surface area contributed by atoms with Gasteiger partial charge in [-0.25, -0.2) is 0 Å². The average Bonchev–Trinajstić information content (AvgIpc) is 3.01. The number of hydrogen-bond acceptors (Lipinski definition) is 5. The summed E-state index contributed by atoms with van der Waals surface area (Å²) in [6, 6.07) is 0.0218. The Morgan fingerprint density at radius 2 is 2.25 bits per heavy atom. The zero-order valence-corrected chi connectivity index (χ0v) is 11.3. The van der Waals surface area contributed by atoms with Gasteiger partial charge in [0.15, 0.2) is 5.82 Å². The second-order valence-electron chi connectivity index (χ2n) is 4.76. The Hall–Kier alpha value is -1.15. The maximum Gasteiger partial charge on any atom is 0.411 e. The van der Waals surface area contributed by atoms with Crippen molar-refractivity contribution in [3.8, 4) is 0 Å². The normalized spacial score (nSPS) is 20.7. The zero-order chi connectivity index (χ0) is 14.6. The molecule has 1 aromatic heterocycles. The van der Waals surface area contributed by atoms with Crippen LogP contribution in [0.2, 0.25) is 0 Å². The van der Waals surface area contributed by atoms with E-state index in [0.29, 0.717) is 24.7 Å². The Morgan fingerprint density at radius 3 is 2.90 bits per heavy atom. The minimum Gasteiger partial charge on any atom is -0.371 e. The van der Waals surface area contributed by atoms with E-state index in [1.54, 1.807) is 0 Å². The maximum atomic E-state index is 12.0. The third-order valence-corrected chi connectivity index (χ3v) is 3.24. The van der Waals surface area contributed by atoms with Crippen LogP contribution in [-0.2, 0) is 11.2 Å². The van der Waals surface area contributed by atoms with Crippen molar-refractivity contribution in [2.24, 2.45) is 0 Å². The maximum absolute atomic E-state index is 12.0. The minimum atomic E-state index is -4.27. The van der Waals surface area contributed by atoms with Gasteiger partial charge in [0.2, 0.25) is 5.89 Å². The molecule has 5 nitrogen and oxygen atoms in total. The second-order valence-corrected chi connectivity index (χ2v) is 4.76. The number of aryl methyl sites for hydroxylation is 1. The Labute approximate surface area is 115 Å². The van der Waals surface area contributed by atoms with Crippen LogP contribution in [0, 0.1) is 0 Å². The monoisotopic (exact) mass is 293 g/mol. The lowest BCUT2D eigenvalue weighted by Gasteiger charge is -2.21. The number of rotatable bonds is 6. The number of likely N-dealkylation sites (tertiary alicyclic amines) is 1. The van der Waals surface area contributed by atoms with E-state index < -0.39 is 12.8 Å². The predicted octanol–water partition coefficient (Wildman–Crippen LogP) is 2.35. The van der Waals surface area contributed by atoms with Crippen molar-refractivity contribution in [3.63, 3.8) is 0 Å². The van der Waals surface area contributed by atoms with Crippen LogP contribution in [0.4, 0.5) is 13.2 Å². The molecule has 0 saturated carbocycles. The molecular formula is C12H18F3N3O2. The number of ether oxygens (including phenoxy) is 1.